The Morgan fingerprint density at radius 1 is 1.00 bits per heavy atom. The van der Waals surface area contributed by atoms with Crippen LogP contribution in [-0.2, 0) is 14.0 Å². The van der Waals surface area contributed by atoms with Crippen LogP contribution in [0.2, 0.25) is 19.1 Å². The Morgan fingerprint density at radius 2 is 1.50 bits per heavy atom. The van der Waals surface area contributed by atoms with E-state index in [0.717, 1.165) is 18.7 Å². The fourth-order valence-corrected chi connectivity index (χ4v) is 6.50. The van der Waals surface area contributed by atoms with Crippen molar-refractivity contribution in [1.29, 1.82) is 0 Å². The molecule has 5 heteroatoms. The third kappa shape index (κ3) is 10.6. The molecular formula is C11H26O3SSi. The van der Waals surface area contributed by atoms with Gasteiger partial charge in [-0.2, -0.15) is 0 Å². The van der Waals surface area contributed by atoms with E-state index >= 15 is 0 Å². The van der Waals surface area contributed by atoms with Gasteiger partial charge in [0.25, 0.3) is 10.1 Å². The van der Waals surface area contributed by atoms with Gasteiger partial charge in [-0.15, -0.1) is 0 Å². The summed E-state index contributed by atoms with van der Waals surface area (Å²) in [5.41, 5.74) is 0. The molecule has 0 saturated heterocycles. The first-order valence-electron chi connectivity index (χ1n) is 6.17. The van der Waals surface area contributed by atoms with E-state index in [4.69, 9.17) is 3.87 Å². The Balaban J connectivity index is 3.66. The second-order valence-corrected chi connectivity index (χ2v) is 11.2. The standard InChI is InChI=1S/C11H26O3SSi/c1-5-6-7-8-9-10-11-16(3,4)14-15(2,12)13/h5-11H2,1-4H3. The van der Waals surface area contributed by atoms with E-state index in [1.165, 1.54) is 32.1 Å². The summed E-state index contributed by atoms with van der Waals surface area (Å²) in [6, 6.07) is 0.937. The van der Waals surface area contributed by atoms with E-state index < -0.39 is 18.4 Å². The van der Waals surface area contributed by atoms with Crippen molar-refractivity contribution in [2.45, 2.75) is 64.6 Å². The predicted octanol–water partition coefficient (Wildman–Crippen LogP) is 3.53. The van der Waals surface area contributed by atoms with Crippen LogP contribution in [0, 0.1) is 0 Å². The summed E-state index contributed by atoms with van der Waals surface area (Å²) in [4.78, 5) is 0. The summed E-state index contributed by atoms with van der Waals surface area (Å²) in [5, 5.41) is 0. The van der Waals surface area contributed by atoms with E-state index in [-0.39, 0.29) is 0 Å². The number of hydrogen-bond acceptors (Lipinski definition) is 3. The molecule has 0 fully saturated rings. The summed E-state index contributed by atoms with van der Waals surface area (Å²) < 4.78 is 27.2. The molecule has 0 aliphatic heterocycles. The highest BCUT2D eigenvalue weighted by Gasteiger charge is 2.26. The number of rotatable bonds is 9. The van der Waals surface area contributed by atoms with Crippen LogP contribution in [0.5, 0.6) is 0 Å². The van der Waals surface area contributed by atoms with Gasteiger partial charge in [-0.05, 0) is 19.1 Å². The lowest BCUT2D eigenvalue weighted by atomic mass is 10.1. The zero-order valence-corrected chi connectivity index (χ0v) is 12.9. The number of hydrogen-bond donors (Lipinski definition) is 0. The highest BCUT2D eigenvalue weighted by atomic mass is 32.2. The van der Waals surface area contributed by atoms with Crippen molar-refractivity contribution in [2.24, 2.45) is 0 Å². The monoisotopic (exact) mass is 266 g/mol. The van der Waals surface area contributed by atoms with Crippen molar-refractivity contribution in [3.8, 4) is 0 Å². The van der Waals surface area contributed by atoms with Crippen molar-refractivity contribution in [2.75, 3.05) is 6.26 Å². The maximum absolute atomic E-state index is 11.0. The van der Waals surface area contributed by atoms with Gasteiger partial charge < -0.3 is 3.87 Å². The van der Waals surface area contributed by atoms with Gasteiger partial charge in [0.1, 0.15) is 0 Å². The minimum atomic E-state index is -3.27. The van der Waals surface area contributed by atoms with Crippen molar-refractivity contribution in [1.82, 2.24) is 0 Å². The van der Waals surface area contributed by atoms with Gasteiger partial charge in [0.05, 0.1) is 6.26 Å². The molecular weight excluding hydrogens is 240 g/mol. The molecule has 0 aromatic rings. The molecule has 0 spiro atoms. The van der Waals surface area contributed by atoms with Gasteiger partial charge in [-0.3, -0.25) is 0 Å². The lowest BCUT2D eigenvalue weighted by Crippen LogP contribution is -2.32. The van der Waals surface area contributed by atoms with E-state index in [2.05, 4.69) is 6.92 Å². The molecule has 3 nitrogen and oxygen atoms in total. The van der Waals surface area contributed by atoms with Gasteiger partial charge in [0.15, 0.2) is 0 Å². The predicted molar refractivity (Wildman–Crippen MR) is 71.6 cm³/mol. The van der Waals surface area contributed by atoms with Crippen LogP contribution < -0.4 is 0 Å². The lowest BCUT2D eigenvalue weighted by molar-refractivity contribution is 0.485. The third-order valence-electron chi connectivity index (χ3n) is 2.51. The van der Waals surface area contributed by atoms with Crippen LogP contribution >= 0.6 is 0 Å². The first-order chi connectivity index (χ1) is 7.27. The molecule has 0 heterocycles. The van der Waals surface area contributed by atoms with Gasteiger partial charge in [-0.1, -0.05) is 45.4 Å². The van der Waals surface area contributed by atoms with E-state index in [0.29, 0.717) is 0 Å². The zero-order valence-electron chi connectivity index (χ0n) is 11.1. The Bertz CT molecular complexity index is 273. The Hall–Kier alpha value is 0.127. The second-order valence-electron chi connectivity index (χ2n) is 5.06. The minimum absolute atomic E-state index is 0.937. The van der Waals surface area contributed by atoms with Crippen LogP contribution in [0.3, 0.4) is 0 Å². The molecule has 0 saturated carbocycles. The van der Waals surface area contributed by atoms with Gasteiger partial charge >= 0.3 is 0 Å². The molecule has 16 heavy (non-hydrogen) atoms. The summed E-state index contributed by atoms with van der Waals surface area (Å²) in [7, 11) is -5.27. The third-order valence-corrected chi connectivity index (χ3v) is 7.08. The minimum Gasteiger partial charge on any atom is -0.315 e. The van der Waals surface area contributed by atoms with Crippen LogP contribution in [0.15, 0.2) is 0 Å². The van der Waals surface area contributed by atoms with E-state index in [9.17, 15) is 8.42 Å². The zero-order chi connectivity index (χ0) is 12.7. The topological polar surface area (TPSA) is 43.4 Å². The highest BCUT2D eigenvalue weighted by molar-refractivity contribution is 7.87. The highest BCUT2D eigenvalue weighted by Crippen LogP contribution is 2.18. The molecule has 0 aliphatic rings. The largest absolute Gasteiger partial charge is 0.315 e. The smallest absolute Gasteiger partial charge is 0.254 e. The van der Waals surface area contributed by atoms with Crippen molar-refractivity contribution >= 4 is 18.4 Å². The summed E-state index contributed by atoms with van der Waals surface area (Å²) in [5.74, 6) is 0. The first kappa shape index (κ1) is 16.1. The molecule has 0 N–H and O–H groups in total. The van der Waals surface area contributed by atoms with Gasteiger partial charge in [-0.25, -0.2) is 8.42 Å². The van der Waals surface area contributed by atoms with Crippen LogP contribution in [0.25, 0.3) is 0 Å². The summed E-state index contributed by atoms with van der Waals surface area (Å²) in [6.45, 7) is 6.15. The summed E-state index contributed by atoms with van der Waals surface area (Å²) >= 11 is 0. The van der Waals surface area contributed by atoms with Gasteiger partial charge in [0.2, 0.25) is 8.32 Å². The molecule has 0 aromatic heterocycles. The maximum atomic E-state index is 11.0. The Morgan fingerprint density at radius 3 is 2.00 bits per heavy atom. The molecule has 0 bridgehead atoms. The number of unbranched alkanes of at least 4 members (excludes halogenated alkanes) is 5. The molecule has 0 unspecified atom stereocenters. The van der Waals surface area contributed by atoms with Crippen LogP contribution in [0.4, 0.5) is 0 Å². The maximum Gasteiger partial charge on any atom is 0.254 e. The Kier molecular flexibility index (Phi) is 7.51. The van der Waals surface area contributed by atoms with E-state index in [1.807, 2.05) is 13.1 Å². The van der Waals surface area contributed by atoms with E-state index in [1.54, 1.807) is 0 Å². The molecule has 98 valence electrons. The average molecular weight is 266 g/mol. The SMILES string of the molecule is CCCCCCCC[Si](C)(C)OS(C)(=O)=O. The molecule has 0 atom stereocenters. The molecule has 0 aliphatic carbocycles. The normalized spacial score (nSPS) is 13.0. The average Bonchev–Trinajstić information content (AvgIpc) is 2.06. The molecule has 0 amide bonds. The van der Waals surface area contributed by atoms with Crippen molar-refractivity contribution < 1.29 is 12.3 Å². The second kappa shape index (κ2) is 7.45. The fraction of sp³-hybridized carbons (Fsp3) is 1.00. The first-order valence-corrected chi connectivity index (χ1v) is 11.1. The van der Waals surface area contributed by atoms with Crippen LogP contribution in [-0.4, -0.2) is 23.0 Å². The quantitative estimate of drug-likeness (QED) is 0.473. The molecule has 0 aromatic carbocycles. The van der Waals surface area contributed by atoms with Crippen LogP contribution in [0.1, 0.15) is 45.4 Å². The molecule has 0 rings (SSSR count). The fourth-order valence-electron chi connectivity index (χ4n) is 1.78. The summed E-state index contributed by atoms with van der Waals surface area (Å²) in [6.07, 6.45) is 8.56. The van der Waals surface area contributed by atoms with Crippen molar-refractivity contribution in [3.05, 3.63) is 0 Å². The molecule has 0 radical (unpaired) electrons. The Labute approximate surface area is 102 Å². The van der Waals surface area contributed by atoms with Gasteiger partial charge in [0, 0.05) is 0 Å². The van der Waals surface area contributed by atoms with Crippen molar-refractivity contribution in [3.63, 3.8) is 0 Å². The lowest BCUT2D eigenvalue weighted by Gasteiger charge is -2.20.